The number of nitrogens with one attached hydrogen (secondary N) is 1. The summed E-state index contributed by atoms with van der Waals surface area (Å²) in [5.41, 5.74) is 1.72. The number of rotatable bonds is 3. The van der Waals surface area contributed by atoms with Crippen molar-refractivity contribution in [1.82, 2.24) is 19.4 Å². The van der Waals surface area contributed by atoms with Crippen molar-refractivity contribution in [3.63, 3.8) is 0 Å². The predicted octanol–water partition coefficient (Wildman–Crippen LogP) is 1.05. The summed E-state index contributed by atoms with van der Waals surface area (Å²) in [7, 11) is 0. The van der Waals surface area contributed by atoms with Crippen LogP contribution < -0.4 is 5.23 Å². The van der Waals surface area contributed by atoms with Gasteiger partial charge in [0.2, 0.25) is 5.91 Å². The van der Waals surface area contributed by atoms with Crippen molar-refractivity contribution in [2.45, 2.75) is 51.2 Å². The Morgan fingerprint density at radius 2 is 2.04 bits per heavy atom. The first kappa shape index (κ1) is 18.1. The van der Waals surface area contributed by atoms with Crippen LogP contribution >= 0.6 is 0 Å². The van der Waals surface area contributed by atoms with E-state index in [1.54, 1.807) is 18.2 Å². The first-order valence-electron chi connectivity index (χ1n) is 10.3. The Morgan fingerprint density at radius 3 is 2.89 bits per heavy atom. The van der Waals surface area contributed by atoms with E-state index in [-0.39, 0.29) is 11.6 Å². The molecule has 5 rings (SSSR count). The van der Waals surface area contributed by atoms with Crippen molar-refractivity contribution in [3.8, 4) is 0 Å². The zero-order chi connectivity index (χ0) is 19.3. The average Bonchev–Trinajstić information content (AvgIpc) is 3.05. The summed E-state index contributed by atoms with van der Waals surface area (Å²) in [6.45, 7) is 4.02. The Hall–Kier alpha value is -2.00. The lowest BCUT2D eigenvalue weighted by atomic mass is 9.83. The second kappa shape index (κ2) is 7.11. The molecule has 1 amide bonds. The minimum atomic E-state index is -0.958. The van der Waals surface area contributed by atoms with Gasteiger partial charge >= 0.3 is 0 Å². The molecule has 2 N–H and O–H groups in total. The van der Waals surface area contributed by atoms with E-state index < -0.39 is 5.23 Å². The third kappa shape index (κ3) is 3.10. The summed E-state index contributed by atoms with van der Waals surface area (Å²) in [6.07, 6.45) is 6.27. The van der Waals surface area contributed by atoms with Crippen LogP contribution in [0.5, 0.6) is 0 Å². The van der Waals surface area contributed by atoms with E-state index in [2.05, 4.69) is 9.88 Å². The van der Waals surface area contributed by atoms with Crippen molar-refractivity contribution in [1.29, 1.82) is 0 Å². The number of fused-ring (bicyclic) bond motifs is 4. The van der Waals surface area contributed by atoms with E-state index >= 15 is 0 Å². The highest BCUT2D eigenvalue weighted by molar-refractivity contribution is 5.84. The highest BCUT2D eigenvalue weighted by Gasteiger charge is 2.36. The zero-order valence-corrected chi connectivity index (χ0v) is 16.0. The van der Waals surface area contributed by atoms with Gasteiger partial charge in [0, 0.05) is 24.7 Å². The second-order valence-corrected chi connectivity index (χ2v) is 8.40. The summed E-state index contributed by atoms with van der Waals surface area (Å²) in [5.74, 6) is 1.54. The largest absolute Gasteiger partial charge is 0.595 e. The van der Waals surface area contributed by atoms with Gasteiger partial charge < -0.3 is 19.6 Å². The molecule has 2 fully saturated rings. The smallest absolute Gasteiger partial charge is 0.242 e. The molecule has 2 saturated heterocycles. The van der Waals surface area contributed by atoms with Crippen molar-refractivity contribution in [2.75, 3.05) is 19.6 Å². The number of hydrogen-bond donors (Lipinski definition) is 2. The molecular weight excluding hydrogens is 358 g/mol. The lowest BCUT2D eigenvalue weighted by Gasteiger charge is -2.46. The fraction of sp³-hybridized carbons (Fsp3) is 0.600. The first-order chi connectivity index (χ1) is 13.6. The van der Waals surface area contributed by atoms with E-state index in [1.165, 1.54) is 45.2 Å². The molecule has 0 radical (unpaired) electrons. The van der Waals surface area contributed by atoms with Crippen LogP contribution in [0.2, 0.25) is 0 Å². The van der Waals surface area contributed by atoms with Gasteiger partial charge in [0.15, 0.2) is 5.69 Å². The summed E-state index contributed by atoms with van der Waals surface area (Å²) in [6, 6.07) is 5.56. The lowest BCUT2D eigenvalue weighted by molar-refractivity contribution is -0.991. The molecule has 8 nitrogen and oxygen atoms in total. The Balaban J connectivity index is 1.37. The van der Waals surface area contributed by atoms with Gasteiger partial charge in [-0.15, -0.1) is 0 Å². The maximum Gasteiger partial charge on any atom is 0.242 e. The van der Waals surface area contributed by atoms with Gasteiger partial charge in [-0.1, -0.05) is 6.42 Å². The monoisotopic (exact) mass is 385 g/mol. The lowest BCUT2D eigenvalue weighted by Crippen LogP contribution is -2.99. The van der Waals surface area contributed by atoms with Gasteiger partial charge in [-0.25, -0.2) is 10.2 Å². The molecule has 1 aromatic carbocycles. The summed E-state index contributed by atoms with van der Waals surface area (Å²) < 4.78 is 1.94. The Morgan fingerprint density at radius 1 is 1.18 bits per heavy atom. The molecule has 150 valence electrons. The maximum atomic E-state index is 12.9. The molecule has 3 aliphatic rings. The van der Waals surface area contributed by atoms with Crippen LogP contribution in [0, 0.1) is 11.1 Å². The zero-order valence-electron chi connectivity index (χ0n) is 16.0. The summed E-state index contributed by atoms with van der Waals surface area (Å²) >= 11 is 0. The molecule has 0 aliphatic carbocycles. The van der Waals surface area contributed by atoms with Gasteiger partial charge in [-0.05, 0) is 50.8 Å². The van der Waals surface area contributed by atoms with Gasteiger partial charge in [-0.3, -0.25) is 4.79 Å². The summed E-state index contributed by atoms with van der Waals surface area (Å²) in [4.78, 5) is 22.1. The van der Waals surface area contributed by atoms with Crippen LogP contribution in [0.3, 0.4) is 0 Å². The minimum absolute atomic E-state index is 0.141. The fourth-order valence-electron chi connectivity index (χ4n) is 5.34. The average molecular weight is 385 g/mol. The number of carbonyl (C=O) groups is 1. The van der Waals surface area contributed by atoms with Crippen LogP contribution in [-0.2, 0) is 17.9 Å². The van der Waals surface area contributed by atoms with E-state index in [0.29, 0.717) is 30.6 Å². The standard InChI is InChI=1S/C20H27N5O3/c26-20-13-24-18-7-6-15(25(27)28)10-16(18)21-19(24)12-23(20)11-14-4-3-9-22-8-2-1-5-17(14)22/h6-7,10,14,17,25,27H,1-5,8-9,11-13H2. The van der Waals surface area contributed by atoms with Crippen LogP contribution in [0.15, 0.2) is 18.2 Å². The first-order valence-corrected chi connectivity index (χ1v) is 10.3. The number of nitrogens with zero attached hydrogens (tertiary/aromatic N) is 4. The fourth-order valence-corrected chi connectivity index (χ4v) is 5.34. The number of aromatic nitrogens is 2. The van der Waals surface area contributed by atoms with Crippen LogP contribution in [-0.4, -0.2) is 56.1 Å². The SMILES string of the molecule is O=C1Cn2c(nc3cc([NH+]([O-])O)ccc32)CN1CC1CCCN2CCCCC12. The van der Waals surface area contributed by atoms with Gasteiger partial charge in [0.1, 0.15) is 12.4 Å². The maximum absolute atomic E-state index is 12.9. The molecule has 1 aromatic heterocycles. The number of imidazole rings is 1. The molecule has 3 aliphatic heterocycles. The molecule has 3 atom stereocenters. The van der Waals surface area contributed by atoms with Gasteiger partial charge in [0.05, 0.1) is 17.6 Å². The van der Waals surface area contributed by atoms with Gasteiger partial charge in [0.25, 0.3) is 0 Å². The number of hydrogen-bond acceptors (Lipinski definition) is 5. The highest BCUT2D eigenvalue weighted by Crippen LogP contribution is 2.32. The molecule has 0 bridgehead atoms. The van der Waals surface area contributed by atoms with E-state index in [9.17, 15) is 15.2 Å². The third-order valence-electron chi connectivity index (χ3n) is 6.74. The van der Waals surface area contributed by atoms with Crippen LogP contribution in [0.1, 0.15) is 37.9 Å². The van der Waals surface area contributed by atoms with Crippen LogP contribution in [0.25, 0.3) is 11.0 Å². The molecule has 3 unspecified atom stereocenters. The normalized spacial score (nSPS) is 26.9. The van der Waals surface area contributed by atoms with E-state index in [1.807, 2.05) is 9.47 Å². The Bertz CT molecular complexity index is 893. The highest BCUT2D eigenvalue weighted by atomic mass is 16.8. The molecule has 28 heavy (non-hydrogen) atoms. The van der Waals surface area contributed by atoms with Crippen molar-refractivity contribution in [3.05, 3.63) is 29.2 Å². The number of benzene rings is 1. The van der Waals surface area contributed by atoms with Gasteiger partial charge in [-0.2, -0.15) is 5.23 Å². The number of amides is 1. The molecule has 2 aromatic rings. The Labute approximate surface area is 163 Å². The molecule has 8 heteroatoms. The van der Waals surface area contributed by atoms with E-state index in [4.69, 9.17) is 0 Å². The molecule has 0 spiro atoms. The molecule has 4 heterocycles. The van der Waals surface area contributed by atoms with Crippen molar-refractivity contribution < 1.29 is 15.2 Å². The number of piperidine rings is 2. The number of carbonyl (C=O) groups excluding carboxylic acids is 1. The molecule has 0 saturated carbocycles. The van der Waals surface area contributed by atoms with Crippen molar-refractivity contribution >= 4 is 22.6 Å². The minimum Gasteiger partial charge on any atom is -0.595 e. The van der Waals surface area contributed by atoms with Crippen LogP contribution in [0.4, 0.5) is 5.69 Å². The topological polar surface area (TPSA) is 89.1 Å². The summed E-state index contributed by atoms with van der Waals surface area (Å²) in [5, 5.41) is 19.5. The second-order valence-electron chi connectivity index (χ2n) is 8.40. The van der Waals surface area contributed by atoms with Crippen molar-refractivity contribution in [2.24, 2.45) is 5.92 Å². The quantitative estimate of drug-likeness (QED) is 0.771. The third-order valence-corrected chi connectivity index (χ3v) is 6.74. The Kier molecular flexibility index (Phi) is 4.59. The molecular formula is C20H27N5O3. The van der Waals surface area contributed by atoms with E-state index in [0.717, 1.165) is 17.9 Å². The number of quaternary nitrogens is 1. The predicted molar refractivity (Wildman–Crippen MR) is 103 cm³/mol.